The molecule has 1 aromatic heterocycles. The van der Waals surface area contributed by atoms with Gasteiger partial charge < -0.3 is 9.26 Å². The number of nitrogens with zero attached hydrogens (tertiary/aromatic N) is 2. The largest absolute Gasteiger partial charge is 0.427 e. The van der Waals surface area contributed by atoms with E-state index in [4.69, 9.17) is 9.26 Å². The quantitative estimate of drug-likeness (QED) is 0.446. The Morgan fingerprint density at radius 3 is 2.52 bits per heavy atom. The molecule has 5 nitrogen and oxygen atoms in total. The van der Waals surface area contributed by atoms with Crippen LogP contribution in [0.3, 0.4) is 0 Å². The van der Waals surface area contributed by atoms with E-state index >= 15 is 0 Å². The Morgan fingerprint density at radius 1 is 1.12 bits per heavy atom. The number of ether oxygens (including phenoxy) is 1. The van der Waals surface area contributed by atoms with E-state index in [1.54, 1.807) is 12.1 Å². The molecule has 0 saturated heterocycles. The molecule has 3 rings (SSSR count). The number of aromatic nitrogens is 2. The first-order chi connectivity index (χ1) is 12.1. The van der Waals surface area contributed by atoms with Gasteiger partial charge in [-0.15, -0.1) is 0 Å². The summed E-state index contributed by atoms with van der Waals surface area (Å²) in [5.41, 5.74) is 2.15. The van der Waals surface area contributed by atoms with E-state index in [0.717, 1.165) is 16.5 Å². The molecule has 128 valence electrons. The predicted molar refractivity (Wildman–Crippen MR) is 97.2 cm³/mol. The lowest BCUT2D eigenvalue weighted by Gasteiger charge is -2.02. The fourth-order valence-corrected chi connectivity index (χ4v) is 2.52. The summed E-state index contributed by atoms with van der Waals surface area (Å²) in [6, 6.07) is 15.1. The molecule has 0 spiro atoms. The number of carbonyl (C=O) groups excluding carboxylic acids is 1. The van der Waals surface area contributed by atoms with Gasteiger partial charge in [0.15, 0.2) is 0 Å². The average Bonchev–Trinajstić information content (AvgIpc) is 3.11. The van der Waals surface area contributed by atoms with Crippen LogP contribution in [-0.4, -0.2) is 16.1 Å². The summed E-state index contributed by atoms with van der Waals surface area (Å²) in [5, 5.41) is 3.97. The zero-order valence-corrected chi connectivity index (χ0v) is 15.3. The normalized spacial score (nSPS) is 10.6. The number of benzene rings is 2. The van der Waals surface area contributed by atoms with Crippen LogP contribution in [0.1, 0.15) is 24.8 Å². The monoisotopic (exact) mass is 400 g/mol. The van der Waals surface area contributed by atoms with Gasteiger partial charge in [-0.3, -0.25) is 4.79 Å². The second-order valence-electron chi connectivity index (χ2n) is 5.49. The third-order valence-corrected chi connectivity index (χ3v) is 4.21. The van der Waals surface area contributed by atoms with Crippen molar-refractivity contribution in [1.82, 2.24) is 10.1 Å². The molecule has 0 saturated carbocycles. The Balaban J connectivity index is 1.55. The van der Waals surface area contributed by atoms with Crippen LogP contribution in [0.5, 0.6) is 5.75 Å². The molecular formula is C19H17BrN2O3. The summed E-state index contributed by atoms with van der Waals surface area (Å²) in [5.74, 6) is 1.12. The van der Waals surface area contributed by atoms with Gasteiger partial charge in [-0.2, -0.15) is 4.98 Å². The summed E-state index contributed by atoms with van der Waals surface area (Å²) >= 11 is 3.33. The highest BCUT2D eigenvalue weighted by Gasteiger charge is 2.12. The van der Waals surface area contributed by atoms with E-state index in [0.29, 0.717) is 23.9 Å². The van der Waals surface area contributed by atoms with E-state index in [1.165, 1.54) is 5.56 Å². The van der Waals surface area contributed by atoms with Crippen molar-refractivity contribution >= 4 is 21.9 Å². The SMILES string of the molecule is CCc1ccc(-c2noc(CCC(=O)Oc3ccc(Br)cc3)n2)cc1. The minimum Gasteiger partial charge on any atom is -0.427 e. The molecule has 0 aliphatic rings. The van der Waals surface area contributed by atoms with Crippen molar-refractivity contribution in [3.63, 3.8) is 0 Å². The van der Waals surface area contributed by atoms with Gasteiger partial charge in [0.05, 0.1) is 6.42 Å². The molecule has 0 radical (unpaired) electrons. The van der Waals surface area contributed by atoms with Gasteiger partial charge in [-0.25, -0.2) is 0 Å². The van der Waals surface area contributed by atoms with E-state index in [2.05, 4.69) is 33.0 Å². The maximum Gasteiger partial charge on any atom is 0.311 e. The lowest BCUT2D eigenvalue weighted by molar-refractivity contribution is -0.134. The van der Waals surface area contributed by atoms with E-state index in [1.807, 2.05) is 36.4 Å². The maximum absolute atomic E-state index is 11.9. The average molecular weight is 401 g/mol. The molecule has 0 bridgehead atoms. The minimum atomic E-state index is -0.339. The Morgan fingerprint density at radius 2 is 1.84 bits per heavy atom. The van der Waals surface area contributed by atoms with Gasteiger partial charge in [-0.05, 0) is 36.2 Å². The van der Waals surface area contributed by atoms with Crippen molar-refractivity contribution in [1.29, 1.82) is 0 Å². The molecule has 2 aromatic carbocycles. The first-order valence-electron chi connectivity index (χ1n) is 8.02. The molecule has 0 aliphatic heterocycles. The molecule has 0 unspecified atom stereocenters. The van der Waals surface area contributed by atoms with Crippen LogP contribution < -0.4 is 4.74 Å². The van der Waals surface area contributed by atoms with Crippen molar-refractivity contribution in [2.24, 2.45) is 0 Å². The summed E-state index contributed by atoms with van der Waals surface area (Å²) in [6.07, 6.45) is 1.50. The van der Waals surface area contributed by atoms with Crippen LogP contribution in [0.15, 0.2) is 57.5 Å². The summed E-state index contributed by atoms with van der Waals surface area (Å²) in [7, 11) is 0. The molecule has 0 N–H and O–H groups in total. The Labute approximate surface area is 154 Å². The highest BCUT2D eigenvalue weighted by atomic mass is 79.9. The molecule has 25 heavy (non-hydrogen) atoms. The highest BCUT2D eigenvalue weighted by molar-refractivity contribution is 9.10. The zero-order valence-electron chi connectivity index (χ0n) is 13.7. The Kier molecular flexibility index (Phi) is 5.60. The predicted octanol–water partition coefficient (Wildman–Crippen LogP) is 4.60. The molecule has 0 atom stereocenters. The van der Waals surface area contributed by atoms with Gasteiger partial charge in [-0.1, -0.05) is 52.3 Å². The molecule has 0 amide bonds. The number of aryl methyl sites for hydroxylation is 2. The fourth-order valence-electron chi connectivity index (χ4n) is 2.26. The van der Waals surface area contributed by atoms with Gasteiger partial charge in [0.2, 0.25) is 11.7 Å². The second kappa shape index (κ2) is 8.07. The van der Waals surface area contributed by atoms with Gasteiger partial charge in [0.25, 0.3) is 0 Å². The third kappa shape index (κ3) is 4.76. The lowest BCUT2D eigenvalue weighted by atomic mass is 10.1. The topological polar surface area (TPSA) is 65.2 Å². The second-order valence-corrected chi connectivity index (χ2v) is 6.41. The Bertz CT molecular complexity index is 842. The smallest absolute Gasteiger partial charge is 0.311 e. The van der Waals surface area contributed by atoms with Crippen LogP contribution in [0.4, 0.5) is 0 Å². The molecular weight excluding hydrogens is 384 g/mol. The molecule has 6 heteroatoms. The number of rotatable bonds is 6. The van der Waals surface area contributed by atoms with Crippen LogP contribution in [-0.2, 0) is 17.6 Å². The minimum absolute atomic E-state index is 0.173. The third-order valence-electron chi connectivity index (χ3n) is 3.68. The van der Waals surface area contributed by atoms with Crippen molar-refractivity contribution in [3.8, 4) is 17.1 Å². The molecule has 3 aromatic rings. The zero-order chi connectivity index (χ0) is 17.6. The van der Waals surface area contributed by atoms with Crippen molar-refractivity contribution in [2.45, 2.75) is 26.2 Å². The summed E-state index contributed by atoms with van der Waals surface area (Å²) in [4.78, 5) is 16.2. The van der Waals surface area contributed by atoms with Crippen molar-refractivity contribution in [3.05, 3.63) is 64.5 Å². The number of hydrogen-bond donors (Lipinski definition) is 0. The van der Waals surface area contributed by atoms with Crippen LogP contribution in [0.25, 0.3) is 11.4 Å². The lowest BCUT2D eigenvalue weighted by Crippen LogP contribution is -2.09. The first kappa shape index (κ1) is 17.4. The van der Waals surface area contributed by atoms with Crippen molar-refractivity contribution < 1.29 is 14.1 Å². The van der Waals surface area contributed by atoms with Gasteiger partial charge in [0, 0.05) is 16.5 Å². The summed E-state index contributed by atoms with van der Waals surface area (Å²) in [6.45, 7) is 2.11. The van der Waals surface area contributed by atoms with E-state index in [-0.39, 0.29) is 12.4 Å². The van der Waals surface area contributed by atoms with Crippen LogP contribution in [0.2, 0.25) is 0 Å². The van der Waals surface area contributed by atoms with E-state index in [9.17, 15) is 4.79 Å². The number of halogens is 1. The maximum atomic E-state index is 11.9. The fraction of sp³-hybridized carbons (Fsp3) is 0.211. The van der Waals surface area contributed by atoms with E-state index < -0.39 is 0 Å². The Hall–Kier alpha value is -2.47. The highest BCUT2D eigenvalue weighted by Crippen LogP contribution is 2.19. The molecule has 0 aliphatic carbocycles. The number of carbonyl (C=O) groups is 1. The molecule has 1 heterocycles. The van der Waals surface area contributed by atoms with Gasteiger partial charge >= 0.3 is 5.97 Å². The standard InChI is InChI=1S/C19H17BrN2O3/c1-2-13-3-5-14(6-4-13)19-21-17(25-22-19)11-12-18(23)24-16-9-7-15(20)8-10-16/h3-10H,2,11-12H2,1H3. The number of esters is 1. The molecule has 0 fully saturated rings. The number of hydrogen-bond acceptors (Lipinski definition) is 5. The van der Waals surface area contributed by atoms with Gasteiger partial charge in [0.1, 0.15) is 5.75 Å². The van der Waals surface area contributed by atoms with Crippen LogP contribution >= 0.6 is 15.9 Å². The first-order valence-corrected chi connectivity index (χ1v) is 8.81. The summed E-state index contributed by atoms with van der Waals surface area (Å²) < 4.78 is 11.4. The van der Waals surface area contributed by atoms with Crippen molar-refractivity contribution in [2.75, 3.05) is 0 Å². The van der Waals surface area contributed by atoms with Crippen LogP contribution in [0, 0.1) is 0 Å².